The molecule has 0 bridgehead atoms. The van der Waals surface area contributed by atoms with E-state index < -0.39 is 17.4 Å². The van der Waals surface area contributed by atoms with Crippen molar-refractivity contribution in [3.05, 3.63) is 89.5 Å². The maximum atomic E-state index is 14.2. The number of hydrogen-bond donors (Lipinski definition) is 1. The maximum absolute atomic E-state index is 14.2. The quantitative estimate of drug-likeness (QED) is 0.572. The summed E-state index contributed by atoms with van der Waals surface area (Å²) in [5.41, 5.74) is 2.89. The lowest BCUT2D eigenvalue weighted by Crippen LogP contribution is -2.47. The van der Waals surface area contributed by atoms with Crippen LogP contribution in [0, 0.1) is 11.6 Å². The van der Waals surface area contributed by atoms with Crippen molar-refractivity contribution in [1.29, 1.82) is 0 Å². The lowest BCUT2D eigenvalue weighted by molar-refractivity contribution is -0.128. The first-order valence-corrected chi connectivity index (χ1v) is 11.0. The fourth-order valence-corrected chi connectivity index (χ4v) is 4.17. The highest BCUT2D eigenvalue weighted by atomic mass is 19.1. The molecular formula is C27H28F2N2O2. The van der Waals surface area contributed by atoms with Crippen LogP contribution in [-0.4, -0.2) is 29.5 Å². The Kier molecular flexibility index (Phi) is 6.47. The summed E-state index contributed by atoms with van der Waals surface area (Å²) in [4.78, 5) is 15.5. The van der Waals surface area contributed by atoms with Gasteiger partial charge >= 0.3 is 0 Å². The number of ether oxygens (including phenoxy) is 1. The molecule has 1 amide bonds. The second kappa shape index (κ2) is 9.32. The summed E-state index contributed by atoms with van der Waals surface area (Å²) in [7, 11) is 0. The molecule has 0 radical (unpaired) electrons. The van der Waals surface area contributed by atoms with Gasteiger partial charge in [-0.1, -0.05) is 36.4 Å². The molecule has 33 heavy (non-hydrogen) atoms. The second-order valence-corrected chi connectivity index (χ2v) is 9.31. The molecule has 0 saturated carbocycles. The molecule has 172 valence electrons. The van der Waals surface area contributed by atoms with Crippen LogP contribution in [0.25, 0.3) is 11.1 Å². The summed E-state index contributed by atoms with van der Waals surface area (Å²) in [5, 5.41) is 3.05. The van der Waals surface area contributed by atoms with Crippen molar-refractivity contribution in [2.24, 2.45) is 0 Å². The molecule has 0 saturated heterocycles. The van der Waals surface area contributed by atoms with Gasteiger partial charge in [0.1, 0.15) is 30.0 Å². The Morgan fingerprint density at radius 1 is 1.03 bits per heavy atom. The molecule has 1 unspecified atom stereocenters. The minimum absolute atomic E-state index is 0.209. The van der Waals surface area contributed by atoms with Crippen LogP contribution < -0.4 is 10.1 Å². The lowest BCUT2D eigenvalue weighted by atomic mass is 9.97. The third-order valence-corrected chi connectivity index (χ3v) is 5.56. The first-order chi connectivity index (χ1) is 15.7. The van der Waals surface area contributed by atoms with Crippen LogP contribution in [0.4, 0.5) is 8.78 Å². The van der Waals surface area contributed by atoms with Crippen LogP contribution >= 0.6 is 0 Å². The lowest BCUT2D eigenvalue weighted by Gasteiger charge is -2.32. The third kappa shape index (κ3) is 5.40. The fourth-order valence-electron chi connectivity index (χ4n) is 4.17. The smallest absolute Gasteiger partial charge is 0.242 e. The standard InChI is InChI=1S/C27H28F2N2O2/c1-27(2,3)30-26(32)25-23-16-21(29)12-13-24(23)33-15-14-31(25)17-19-6-4-5-7-22(19)18-8-10-20(28)11-9-18/h4-13,16,25H,14-15,17H2,1-3H3,(H,30,32). The molecule has 0 fully saturated rings. The first-order valence-electron chi connectivity index (χ1n) is 11.0. The average Bonchev–Trinajstić information content (AvgIpc) is 2.92. The summed E-state index contributed by atoms with van der Waals surface area (Å²) in [6.45, 7) is 7.04. The average molecular weight is 451 g/mol. The molecule has 1 heterocycles. The largest absolute Gasteiger partial charge is 0.492 e. The molecule has 0 spiro atoms. The highest BCUT2D eigenvalue weighted by molar-refractivity contribution is 5.84. The van der Waals surface area contributed by atoms with Crippen molar-refractivity contribution in [1.82, 2.24) is 10.2 Å². The first kappa shape index (κ1) is 22.9. The van der Waals surface area contributed by atoms with Crippen molar-refractivity contribution in [3.8, 4) is 16.9 Å². The third-order valence-electron chi connectivity index (χ3n) is 5.56. The number of rotatable bonds is 4. The van der Waals surface area contributed by atoms with Crippen molar-refractivity contribution in [2.45, 2.75) is 38.9 Å². The predicted octanol–water partition coefficient (Wildman–Crippen LogP) is 5.48. The van der Waals surface area contributed by atoms with Gasteiger partial charge in [0.05, 0.1) is 0 Å². The van der Waals surface area contributed by atoms with E-state index in [1.54, 1.807) is 18.2 Å². The molecule has 1 aliphatic heterocycles. The fraction of sp³-hybridized carbons (Fsp3) is 0.296. The number of benzene rings is 3. The van der Waals surface area contributed by atoms with Crippen molar-refractivity contribution in [3.63, 3.8) is 0 Å². The number of carbonyl (C=O) groups is 1. The molecule has 6 heteroatoms. The predicted molar refractivity (Wildman–Crippen MR) is 125 cm³/mol. The molecule has 4 rings (SSSR count). The van der Waals surface area contributed by atoms with E-state index in [0.717, 1.165) is 16.7 Å². The van der Waals surface area contributed by atoms with E-state index in [0.29, 0.717) is 31.0 Å². The minimum Gasteiger partial charge on any atom is -0.492 e. The molecule has 3 aromatic carbocycles. The van der Waals surface area contributed by atoms with Gasteiger partial charge in [-0.3, -0.25) is 9.69 Å². The number of hydrogen-bond acceptors (Lipinski definition) is 3. The summed E-state index contributed by atoms with van der Waals surface area (Å²) >= 11 is 0. The molecule has 4 nitrogen and oxygen atoms in total. The Bertz CT molecular complexity index is 1140. The summed E-state index contributed by atoms with van der Waals surface area (Å²) in [5.74, 6) is -0.406. The number of carbonyl (C=O) groups excluding carboxylic acids is 1. The Morgan fingerprint density at radius 2 is 1.73 bits per heavy atom. The zero-order valence-corrected chi connectivity index (χ0v) is 19.1. The van der Waals surface area contributed by atoms with E-state index in [-0.39, 0.29) is 11.7 Å². The minimum atomic E-state index is -0.723. The van der Waals surface area contributed by atoms with Crippen LogP contribution in [0.5, 0.6) is 5.75 Å². The highest BCUT2D eigenvalue weighted by Gasteiger charge is 2.34. The molecule has 1 aliphatic rings. The summed E-state index contributed by atoms with van der Waals surface area (Å²) < 4.78 is 33.6. The van der Waals surface area contributed by atoms with Gasteiger partial charge in [-0.25, -0.2) is 8.78 Å². The Balaban J connectivity index is 1.74. The van der Waals surface area contributed by atoms with Gasteiger partial charge in [-0.15, -0.1) is 0 Å². The van der Waals surface area contributed by atoms with Crippen LogP contribution in [0.1, 0.15) is 37.9 Å². The Morgan fingerprint density at radius 3 is 2.45 bits per heavy atom. The van der Waals surface area contributed by atoms with Gasteiger partial charge < -0.3 is 10.1 Å². The molecule has 0 aromatic heterocycles. The van der Waals surface area contributed by atoms with E-state index in [4.69, 9.17) is 4.74 Å². The SMILES string of the molecule is CC(C)(C)NC(=O)C1c2cc(F)ccc2OCCN1Cc1ccccc1-c1ccc(F)cc1. The summed E-state index contributed by atoms with van der Waals surface area (Å²) in [6, 6.07) is 17.8. The number of fused-ring (bicyclic) bond motifs is 1. The van der Waals surface area contributed by atoms with Crippen molar-refractivity contribution in [2.75, 3.05) is 13.2 Å². The topological polar surface area (TPSA) is 41.6 Å². The van der Waals surface area contributed by atoms with E-state index in [1.165, 1.54) is 24.3 Å². The van der Waals surface area contributed by atoms with E-state index in [2.05, 4.69) is 5.32 Å². The zero-order valence-electron chi connectivity index (χ0n) is 19.1. The van der Waals surface area contributed by atoms with Crippen molar-refractivity contribution >= 4 is 5.91 Å². The number of amides is 1. The van der Waals surface area contributed by atoms with E-state index >= 15 is 0 Å². The highest BCUT2D eigenvalue weighted by Crippen LogP contribution is 2.35. The number of nitrogens with zero attached hydrogens (tertiary/aromatic N) is 1. The Labute approximate surface area is 193 Å². The molecule has 1 N–H and O–H groups in total. The number of nitrogens with one attached hydrogen (secondary N) is 1. The van der Waals surface area contributed by atoms with Gasteiger partial charge in [0.15, 0.2) is 0 Å². The Hall–Kier alpha value is -3.25. The van der Waals surface area contributed by atoms with Gasteiger partial charge in [-0.05, 0) is 67.8 Å². The number of halogens is 2. The molecular weight excluding hydrogens is 422 g/mol. The van der Waals surface area contributed by atoms with Crippen LogP contribution in [0.3, 0.4) is 0 Å². The van der Waals surface area contributed by atoms with E-state index in [1.807, 2.05) is 49.9 Å². The summed E-state index contributed by atoms with van der Waals surface area (Å²) in [6.07, 6.45) is 0. The van der Waals surface area contributed by atoms with Gasteiger partial charge in [-0.2, -0.15) is 0 Å². The van der Waals surface area contributed by atoms with Gasteiger partial charge in [0.25, 0.3) is 0 Å². The van der Waals surface area contributed by atoms with Crippen LogP contribution in [0.15, 0.2) is 66.7 Å². The van der Waals surface area contributed by atoms with Crippen molar-refractivity contribution < 1.29 is 18.3 Å². The second-order valence-electron chi connectivity index (χ2n) is 9.31. The van der Waals surface area contributed by atoms with Gasteiger partial charge in [0, 0.05) is 24.2 Å². The maximum Gasteiger partial charge on any atom is 0.242 e. The van der Waals surface area contributed by atoms with Crippen LogP contribution in [-0.2, 0) is 11.3 Å². The molecule has 0 aliphatic carbocycles. The molecule has 3 aromatic rings. The normalized spacial score (nSPS) is 16.5. The molecule has 1 atom stereocenters. The monoisotopic (exact) mass is 450 g/mol. The van der Waals surface area contributed by atoms with Crippen LogP contribution in [0.2, 0.25) is 0 Å². The zero-order chi connectivity index (χ0) is 23.6. The van der Waals surface area contributed by atoms with E-state index in [9.17, 15) is 13.6 Å². The van der Waals surface area contributed by atoms with Gasteiger partial charge in [0.2, 0.25) is 5.91 Å².